The molecule has 8 heteroatoms. The summed E-state index contributed by atoms with van der Waals surface area (Å²) in [5.41, 5.74) is 1.35. The lowest BCUT2D eigenvalue weighted by Crippen LogP contribution is -2.35. The van der Waals surface area contributed by atoms with Gasteiger partial charge in [-0.2, -0.15) is 0 Å². The lowest BCUT2D eigenvalue weighted by molar-refractivity contribution is -0.116. The monoisotopic (exact) mass is 463 g/mol. The summed E-state index contributed by atoms with van der Waals surface area (Å²) in [5.74, 6) is -0.527. The van der Waals surface area contributed by atoms with Crippen molar-refractivity contribution < 1.29 is 14.0 Å². The first-order valence-electron chi connectivity index (χ1n) is 10.4. The molecule has 0 spiro atoms. The Bertz CT molecular complexity index is 932. The van der Waals surface area contributed by atoms with Crippen molar-refractivity contribution in [3.63, 3.8) is 0 Å². The van der Waals surface area contributed by atoms with E-state index in [1.807, 2.05) is 6.07 Å². The van der Waals surface area contributed by atoms with Crippen molar-refractivity contribution in [1.82, 2.24) is 10.2 Å². The molecule has 1 aliphatic heterocycles. The summed E-state index contributed by atoms with van der Waals surface area (Å²) in [7, 11) is 0. The van der Waals surface area contributed by atoms with Crippen LogP contribution < -0.4 is 10.2 Å². The predicted octanol–water partition coefficient (Wildman–Crippen LogP) is 4.58. The Labute approximate surface area is 191 Å². The fourth-order valence-corrected chi connectivity index (χ4v) is 4.64. The van der Waals surface area contributed by atoms with Gasteiger partial charge in [0.1, 0.15) is 5.82 Å². The van der Waals surface area contributed by atoms with E-state index in [4.69, 9.17) is 11.6 Å². The van der Waals surface area contributed by atoms with Gasteiger partial charge in [0, 0.05) is 27.6 Å². The number of benzene rings is 2. The van der Waals surface area contributed by atoms with Crippen LogP contribution in [0.3, 0.4) is 0 Å². The number of carbonyl (C=O) groups excluding carboxylic acids is 2. The highest BCUT2D eigenvalue weighted by Crippen LogP contribution is 2.37. The highest BCUT2D eigenvalue weighted by atomic mass is 35.5. The summed E-state index contributed by atoms with van der Waals surface area (Å²) in [5, 5.41) is 3.22. The van der Waals surface area contributed by atoms with E-state index in [0.29, 0.717) is 17.8 Å². The van der Waals surface area contributed by atoms with E-state index in [1.165, 1.54) is 28.8 Å². The zero-order chi connectivity index (χ0) is 22.4. The third kappa shape index (κ3) is 5.79. The van der Waals surface area contributed by atoms with Crippen molar-refractivity contribution in [1.29, 1.82) is 0 Å². The van der Waals surface area contributed by atoms with Crippen LogP contribution in [-0.4, -0.2) is 48.6 Å². The van der Waals surface area contributed by atoms with Crippen LogP contribution >= 0.6 is 23.4 Å². The summed E-state index contributed by atoms with van der Waals surface area (Å²) in [6.45, 7) is 7.75. The zero-order valence-corrected chi connectivity index (χ0v) is 19.4. The van der Waals surface area contributed by atoms with E-state index >= 15 is 0 Å². The van der Waals surface area contributed by atoms with E-state index < -0.39 is 5.82 Å². The van der Waals surface area contributed by atoms with Crippen molar-refractivity contribution in [2.45, 2.75) is 31.7 Å². The van der Waals surface area contributed by atoms with Gasteiger partial charge in [0.15, 0.2) is 0 Å². The molecule has 1 N–H and O–H groups in total. The number of thioether (sulfide) groups is 1. The van der Waals surface area contributed by atoms with E-state index in [2.05, 4.69) is 24.1 Å². The Balaban J connectivity index is 1.74. The van der Waals surface area contributed by atoms with Crippen molar-refractivity contribution in [3.8, 4) is 0 Å². The van der Waals surface area contributed by atoms with Gasteiger partial charge in [-0.05, 0) is 56.4 Å². The van der Waals surface area contributed by atoms with Crippen LogP contribution in [-0.2, 0) is 11.3 Å². The maximum Gasteiger partial charge on any atom is 0.251 e. The Morgan fingerprint density at radius 2 is 2.03 bits per heavy atom. The first-order valence-corrected chi connectivity index (χ1v) is 11.8. The Hall–Kier alpha value is -2.09. The minimum absolute atomic E-state index is 0.0207. The molecule has 1 aliphatic rings. The van der Waals surface area contributed by atoms with Crippen LogP contribution in [0.2, 0.25) is 5.02 Å². The number of fused-ring (bicyclic) bond motifs is 1. The molecule has 0 radical (unpaired) electrons. The molecule has 0 aromatic heterocycles. The summed E-state index contributed by atoms with van der Waals surface area (Å²) in [6.07, 6.45) is 0.866. The summed E-state index contributed by atoms with van der Waals surface area (Å²) < 4.78 is 14.3. The topological polar surface area (TPSA) is 52.7 Å². The SMILES string of the molecule is CCN(CC)CCCNC(=O)c1ccc2c(c1)N(Cc1c(F)cccc1Cl)C(=O)CS2. The molecule has 0 bridgehead atoms. The molecule has 0 saturated heterocycles. The largest absolute Gasteiger partial charge is 0.352 e. The van der Waals surface area contributed by atoms with Crippen LogP contribution in [0.15, 0.2) is 41.3 Å². The number of anilines is 1. The Morgan fingerprint density at radius 1 is 1.26 bits per heavy atom. The first kappa shape index (κ1) is 23.6. The maximum atomic E-state index is 14.3. The standard InChI is InChI=1S/C23H27ClFN3O2S/c1-3-27(4-2)12-6-11-26-23(30)16-9-10-21-20(13-16)28(22(29)15-31-21)14-17-18(24)7-5-8-19(17)25/h5,7-10,13H,3-4,6,11-12,14-15H2,1-2H3,(H,26,30). The van der Waals surface area contributed by atoms with Gasteiger partial charge < -0.3 is 15.1 Å². The van der Waals surface area contributed by atoms with Gasteiger partial charge in [0.2, 0.25) is 5.91 Å². The molecule has 3 rings (SSSR count). The fourth-order valence-electron chi connectivity index (χ4n) is 3.50. The third-order valence-corrected chi connectivity index (χ3v) is 6.77. The van der Waals surface area contributed by atoms with Crippen molar-refractivity contribution in [2.75, 3.05) is 36.8 Å². The van der Waals surface area contributed by atoms with Gasteiger partial charge in [0.05, 0.1) is 18.0 Å². The average Bonchev–Trinajstić information content (AvgIpc) is 2.77. The molecule has 0 unspecified atom stereocenters. The van der Waals surface area contributed by atoms with Crippen LogP contribution in [0.25, 0.3) is 0 Å². The summed E-state index contributed by atoms with van der Waals surface area (Å²) in [4.78, 5) is 30.0. The second-order valence-electron chi connectivity index (χ2n) is 7.29. The molecule has 2 aromatic rings. The smallest absolute Gasteiger partial charge is 0.251 e. The number of hydrogen-bond acceptors (Lipinski definition) is 4. The van der Waals surface area contributed by atoms with Crippen LogP contribution in [0.4, 0.5) is 10.1 Å². The highest BCUT2D eigenvalue weighted by Gasteiger charge is 2.27. The average molecular weight is 464 g/mol. The number of nitrogens with zero attached hydrogens (tertiary/aromatic N) is 2. The second-order valence-corrected chi connectivity index (χ2v) is 8.71. The molecule has 1 heterocycles. The second kappa shape index (κ2) is 11.0. The van der Waals surface area contributed by atoms with Gasteiger partial charge in [0.25, 0.3) is 5.91 Å². The number of nitrogens with one attached hydrogen (secondary N) is 1. The number of rotatable bonds is 9. The molecular weight excluding hydrogens is 437 g/mol. The molecule has 0 saturated carbocycles. The minimum atomic E-state index is -0.456. The van der Waals surface area contributed by atoms with E-state index in [9.17, 15) is 14.0 Å². The van der Waals surface area contributed by atoms with Gasteiger partial charge >= 0.3 is 0 Å². The van der Waals surface area contributed by atoms with Crippen LogP contribution in [0, 0.1) is 5.82 Å². The Morgan fingerprint density at radius 3 is 2.74 bits per heavy atom. The predicted molar refractivity (Wildman–Crippen MR) is 125 cm³/mol. The van der Waals surface area contributed by atoms with Crippen molar-refractivity contribution >= 4 is 40.9 Å². The van der Waals surface area contributed by atoms with E-state index in [0.717, 1.165) is 31.0 Å². The van der Waals surface area contributed by atoms with Gasteiger partial charge in [-0.15, -0.1) is 11.8 Å². The third-order valence-electron chi connectivity index (χ3n) is 5.37. The minimum Gasteiger partial charge on any atom is -0.352 e. The molecule has 0 atom stereocenters. The molecule has 2 amide bonds. The molecule has 0 fully saturated rings. The number of hydrogen-bond donors (Lipinski definition) is 1. The number of halogens is 2. The summed E-state index contributed by atoms with van der Waals surface area (Å²) >= 11 is 7.58. The van der Waals surface area contributed by atoms with Crippen molar-refractivity contribution in [2.24, 2.45) is 0 Å². The molecule has 31 heavy (non-hydrogen) atoms. The lowest BCUT2D eigenvalue weighted by Gasteiger charge is -2.30. The van der Waals surface area contributed by atoms with Crippen molar-refractivity contribution in [3.05, 3.63) is 58.4 Å². The molecule has 2 aromatic carbocycles. The number of amides is 2. The quantitative estimate of drug-likeness (QED) is 0.553. The molecule has 166 valence electrons. The van der Waals surface area contributed by atoms with Gasteiger partial charge in [-0.3, -0.25) is 9.59 Å². The first-order chi connectivity index (χ1) is 14.9. The van der Waals surface area contributed by atoms with Crippen LogP contribution in [0.1, 0.15) is 36.2 Å². The van der Waals surface area contributed by atoms with Gasteiger partial charge in [-0.1, -0.05) is 31.5 Å². The fraction of sp³-hybridized carbons (Fsp3) is 0.391. The normalized spacial score (nSPS) is 13.5. The van der Waals surface area contributed by atoms with E-state index in [1.54, 1.807) is 18.2 Å². The number of carbonyl (C=O) groups is 2. The summed E-state index contributed by atoms with van der Waals surface area (Å²) in [6, 6.07) is 9.77. The zero-order valence-electron chi connectivity index (χ0n) is 17.8. The van der Waals surface area contributed by atoms with Gasteiger partial charge in [-0.25, -0.2) is 4.39 Å². The maximum absolute atomic E-state index is 14.3. The van der Waals surface area contributed by atoms with Crippen LogP contribution in [0.5, 0.6) is 0 Å². The molecule has 0 aliphatic carbocycles. The molecular formula is C23H27ClFN3O2S. The highest BCUT2D eigenvalue weighted by molar-refractivity contribution is 8.00. The molecule has 5 nitrogen and oxygen atoms in total. The lowest BCUT2D eigenvalue weighted by atomic mass is 10.1. The Kier molecular flexibility index (Phi) is 8.35. The van der Waals surface area contributed by atoms with E-state index in [-0.39, 0.29) is 34.7 Å².